The molecule has 0 spiro atoms. The lowest BCUT2D eigenvalue weighted by Crippen LogP contribution is -2.37. The number of para-hydroxylation sites is 1. The number of benzene rings is 3. The predicted molar refractivity (Wildman–Crippen MR) is 142 cm³/mol. The van der Waals surface area contributed by atoms with Gasteiger partial charge in [-0.2, -0.15) is 0 Å². The van der Waals surface area contributed by atoms with E-state index >= 15 is 0 Å². The lowest BCUT2D eigenvalue weighted by molar-refractivity contribution is -0.126. The molecule has 0 N–H and O–H groups in total. The van der Waals surface area contributed by atoms with Crippen molar-refractivity contribution in [1.29, 1.82) is 0 Å². The molecule has 3 atom stereocenters. The Morgan fingerprint density at radius 1 is 0.838 bits per heavy atom. The van der Waals surface area contributed by atoms with Gasteiger partial charge in [-0.25, -0.2) is 9.96 Å². The highest BCUT2D eigenvalue weighted by atomic mass is 16.7. The molecule has 2 aliphatic heterocycles. The van der Waals surface area contributed by atoms with Crippen molar-refractivity contribution in [3.8, 4) is 11.5 Å². The molecule has 7 nitrogen and oxygen atoms in total. The molecule has 37 heavy (non-hydrogen) atoms. The van der Waals surface area contributed by atoms with Crippen molar-refractivity contribution in [1.82, 2.24) is 0 Å². The molecule has 5 rings (SSSR count). The number of aryl methyl sites for hydroxylation is 1. The molecule has 2 aliphatic rings. The van der Waals surface area contributed by atoms with Gasteiger partial charge in [0.05, 0.1) is 30.6 Å². The van der Waals surface area contributed by atoms with E-state index in [0.29, 0.717) is 30.4 Å². The van der Waals surface area contributed by atoms with Crippen LogP contribution in [0.4, 0.5) is 11.4 Å². The molecule has 0 saturated carbocycles. The number of carbonyl (C=O) groups is 2. The number of amides is 2. The average Bonchev–Trinajstić information content (AvgIpc) is 3.42. The second-order valence-corrected chi connectivity index (χ2v) is 9.35. The van der Waals surface area contributed by atoms with Gasteiger partial charge in [-0.1, -0.05) is 55.3 Å². The molecule has 0 aliphatic carbocycles. The Kier molecular flexibility index (Phi) is 7.15. The molecule has 0 bridgehead atoms. The zero-order valence-electron chi connectivity index (χ0n) is 21.4. The van der Waals surface area contributed by atoms with E-state index < -0.39 is 18.1 Å². The standard InChI is InChI=1S/C30H32N2O5/c1-4-6-18-36-24-17-14-21(19-25(24)35-5-2)27-26-28(37-32(27)23-10-8-7-9-11-23)30(34)31(29(26)33)22-15-12-20(3)13-16-22/h7-17,19,26-28H,4-6,18H2,1-3H3. The Morgan fingerprint density at radius 3 is 2.30 bits per heavy atom. The Labute approximate surface area is 217 Å². The predicted octanol–water partition coefficient (Wildman–Crippen LogP) is 5.62. The van der Waals surface area contributed by atoms with E-state index in [1.54, 1.807) is 17.2 Å². The maximum atomic E-state index is 13.8. The van der Waals surface area contributed by atoms with Gasteiger partial charge in [0, 0.05) is 0 Å². The fraction of sp³-hybridized carbons (Fsp3) is 0.333. The first kappa shape index (κ1) is 24.8. The van der Waals surface area contributed by atoms with E-state index in [0.717, 1.165) is 29.7 Å². The number of ether oxygens (including phenoxy) is 2. The molecular weight excluding hydrogens is 468 g/mol. The van der Waals surface area contributed by atoms with E-state index in [2.05, 4.69) is 6.92 Å². The van der Waals surface area contributed by atoms with Gasteiger partial charge in [0.1, 0.15) is 5.92 Å². The number of carbonyl (C=O) groups excluding carboxylic acids is 2. The van der Waals surface area contributed by atoms with Crippen LogP contribution in [-0.2, 0) is 14.4 Å². The monoisotopic (exact) mass is 500 g/mol. The highest BCUT2D eigenvalue weighted by molar-refractivity contribution is 6.23. The normalized spacial score (nSPS) is 20.9. The maximum absolute atomic E-state index is 13.8. The maximum Gasteiger partial charge on any atom is 0.266 e. The van der Waals surface area contributed by atoms with E-state index in [9.17, 15) is 9.59 Å². The quantitative estimate of drug-likeness (QED) is 0.280. The zero-order valence-corrected chi connectivity index (χ0v) is 21.4. The van der Waals surface area contributed by atoms with E-state index in [1.165, 1.54) is 4.90 Å². The summed E-state index contributed by atoms with van der Waals surface area (Å²) in [4.78, 5) is 34.9. The van der Waals surface area contributed by atoms with Crippen molar-refractivity contribution in [2.45, 2.75) is 45.8 Å². The molecule has 2 amide bonds. The second-order valence-electron chi connectivity index (χ2n) is 9.35. The summed E-state index contributed by atoms with van der Waals surface area (Å²) in [5.74, 6) is -0.0682. The molecule has 192 valence electrons. The zero-order chi connectivity index (χ0) is 25.9. The number of hydrogen-bond donors (Lipinski definition) is 0. The fourth-order valence-corrected chi connectivity index (χ4v) is 4.92. The number of hydrogen-bond acceptors (Lipinski definition) is 6. The summed E-state index contributed by atoms with van der Waals surface area (Å²) in [6.07, 6.45) is 1.06. The summed E-state index contributed by atoms with van der Waals surface area (Å²) >= 11 is 0. The van der Waals surface area contributed by atoms with Gasteiger partial charge in [-0.3, -0.25) is 14.4 Å². The molecule has 2 saturated heterocycles. The third-order valence-corrected chi connectivity index (χ3v) is 6.78. The fourth-order valence-electron chi connectivity index (χ4n) is 4.92. The van der Waals surface area contributed by atoms with Gasteiger partial charge in [-0.15, -0.1) is 0 Å². The van der Waals surface area contributed by atoms with Crippen LogP contribution in [0.2, 0.25) is 0 Å². The average molecular weight is 501 g/mol. The van der Waals surface area contributed by atoms with Gasteiger partial charge >= 0.3 is 0 Å². The van der Waals surface area contributed by atoms with Gasteiger partial charge in [0.2, 0.25) is 5.91 Å². The first-order chi connectivity index (χ1) is 18.0. The van der Waals surface area contributed by atoms with Crippen LogP contribution >= 0.6 is 0 Å². The Morgan fingerprint density at radius 2 is 1.59 bits per heavy atom. The van der Waals surface area contributed by atoms with Crippen LogP contribution in [0.3, 0.4) is 0 Å². The largest absolute Gasteiger partial charge is 0.490 e. The van der Waals surface area contributed by atoms with E-state index in [1.807, 2.05) is 74.5 Å². The van der Waals surface area contributed by atoms with Crippen molar-refractivity contribution in [2.24, 2.45) is 5.92 Å². The summed E-state index contributed by atoms with van der Waals surface area (Å²) in [5.41, 5.74) is 3.19. The van der Waals surface area contributed by atoms with Crippen LogP contribution in [0, 0.1) is 12.8 Å². The molecule has 3 unspecified atom stereocenters. The lowest BCUT2D eigenvalue weighted by Gasteiger charge is -2.29. The number of anilines is 2. The highest BCUT2D eigenvalue weighted by Gasteiger charge is 2.60. The van der Waals surface area contributed by atoms with Crippen molar-refractivity contribution in [3.63, 3.8) is 0 Å². The van der Waals surface area contributed by atoms with Gasteiger partial charge in [0.15, 0.2) is 17.6 Å². The van der Waals surface area contributed by atoms with Crippen LogP contribution in [0.5, 0.6) is 11.5 Å². The minimum Gasteiger partial charge on any atom is -0.490 e. The van der Waals surface area contributed by atoms with Crippen LogP contribution in [0.25, 0.3) is 0 Å². The number of imide groups is 1. The summed E-state index contributed by atoms with van der Waals surface area (Å²) in [5, 5.41) is 1.69. The second kappa shape index (κ2) is 10.6. The third kappa shape index (κ3) is 4.67. The van der Waals surface area contributed by atoms with E-state index in [-0.39, 0.29) is 11.8 Å². The Hall–Kier alpha value is -3.84. The van der Waals surface area contributed by atoms with Crippen molar-refractivity contribution in [3.05, 3.63) is 83.9 Å². The van der Waals surface area contributed by atoms with Crippen LogP contribution in [0.1, 0.15) is 43.9 Å². The van der Waals surface area contributed by atoms with Crippen LogP contribution in [-0.4, -0.2) is 31.1 Å². The molecule has 0 aromatic heterocycles. The number of hydroxylamine groups is 1. The number of fused-ring (bicyclic) bond motifs is 1. The summed E-state index contributed by atoms with van der Waals surface area (Å²) in [6, 6.07) is 22.1. The molecule has 2 fully saturated rings. The molecule has 2 heterocycles. The molecule has 3 aromatic carbocycles. The van der Waals surface area contributed by atoms with Crippen molar-refractivity contribution >= 4 is 23.2 Å². The number of unbranched alkanes of at least 4 members (excludes halogenated alkanes) is 1. The smallest absolute Gasteiger partial charge is 0.266 e. The van der Waals surface area contributed by atoms with Crippen LogP contribution in [0.15, 0.2) is 72.8 Å². The molecule has 0 radical (unpaired) electrons. The van der Waals surface area contributed by atoms with Crippen molar-refractivity contribution < 1.29 is 23.9 Å². The van der Waals surface area contributed by atoms with Crippen LogP contribution < -0.4 is 19.4 Å². The topological polar surface area (TPSA) is 68.3 Å². The first-order valence-corrected chi connectivity index (χ1v) is 12.9. The summed E-state index contributed by atoms with van der Waals surface area (Å²) in [6.45, 7) is 7.08. The number of rotatable bonds is 9. The SMILES string of the molecule is CCCCOc1ccc(C2C3C(=O)N(c4ccc(C)cc4)C(=O)C3ON2c2ccccc2)cc1OCC. The van der Waals surface area contributed by atoms with Gasteiger partial charge < -0.3 is 9.47 Å². The highest BCUT2D eigenvalue weighted by Crippen LogP contribution is 2.48. The van der Waals surface area contributed by atoms with Crippen molar-refractivity contribution in [2.75, 3.05) is 23.2 Å². The Balaban J connectivity index is 1.55. The van der Waals surface area contributed by atoms with Gasteiger partial charge in [-0.05, 0) is 62.2 Å². The number of nitrogens with zero attached hydrogens (tertiary/aromatic N) is 2. The van der Waals surface area contributed by atoms with E-state index in [4.69, 9.17) is 14.3 Å². The minimum atomic E-state index is -0.921. The Bertz CT molecular complexity index is 1260. The first-order valence-electron chi connectivity index (χ1n) is 12.9. The van der Waals surface area contributed by atoms with Gasteiger partial charge in [0.25, 0.3) is 5.91 Å². The summed E-state index contributed by atoms with van der Waals surface area (Å²) in [7, 11) is 0. The summed E-state index contributed by atoms with van der Waals surface area (Å²) < 4.78 is 11.9. The lowest BCUT2D eigenvalue weighted by atomic mass is 9.90. The minimum absolute atomic E-state index is 0.275. The molecular formula is C30H32N2O5. The molecule has 3 aromatic rings. The molecule has 7 heteroatoms. The third-order valence-electron chi connectivity index (χ3n) is 6.78.